The monoisotopic (exact) mass is 652 g/mol. The van der Waals surface area contributed by atoms with E-state index in [-0.39, 0.29) is 5.41 Å². The molecule has 0 unspecified atom stereocenters. The van der Waals surface area contributed by atoms with Crippen molar-refractivity contribution in [2.45, 2.75) is 19.3 Å². The molecule has 0 saturated heterocycles. The number of hydrogen-bond acceptors (Lipinski definition) is 2. The molecule has 11 rings (SSSR count). The Bertz CT molecular complexity index is 2980. The standard InChI is InChI=1S/C49H32O2/c1-49(2)41-17-8-7-10-34(41)39-24-25-42-46(47(39)49)40-16-9-15-33(48(40)51-42)29-18-21-31(22-19-29)44-35-11-3-5-13-37(35)45(38-14-6-4-12-36(38)44)32-23-20-30-26-27-50-43(30)28-32/h3-28H,1-2H3. The third kappa shape index (κ3) is 3.93. The molecular formula is C49H32O2. The normalized spacial score (nSPS) is 13.5. The fourth-order valence-electron chi connectivity index (χ4n) is 9.07. The Labute approximate surface area is 295 Å². The van der Waals surface area contributed by atoms with Gasteiger partial charge in [0.1, 0.15) is 16.7 Å². The summed E-state index contributed by atoms with van der Waals surface area (Å²) in [4.78, 5) is 0. The lowest BCUT2D eigenvalue weighted by Crippen LogP contribution is -2.15. The molecule has 0 atom stereocenters. The van der Waals surface area contributed by atoms with Crippen molar-refractivity contribution >= 4 is 54.5 Å². The number of furan rings is 2. The molecule has 1 aliphatic rings. The molecule has 0 spiro atoms. The van der Waals surface area contributed by atoms with E-state index in [4.69, 9.17) is 8.83 Å². The van der Waals surface area contributed by atoms with Gasteiger partial charge in [-0.15, -0.1) is 0 Å². The van der Waals surface area contributed by atoms with Gasteiger partial charge in [0.25, 0.3) is 0 Å². The second kappa shape index (κ2) is 10.3. The van der Waals surface area contributed by atoms with Crippen LogP contribution in [-0.4, -0.2) is 0 Å². The molecule has 8 aromatic carbocycles. The van der Waals surface area contributed by atoms with Crippen LogP contribution in [0.1, 0.15) is 25.0 Å². The van der Waals surface area contributed by atoms with Crippen molar-refractivity contribution in [1.29, 1.82) is 0 Å². The van der Waals surface area contributed by atoms with E-state index in [1.165, 1.54) is 71.3 Å². The minimum Gasteiger partial charge on any atom is -0.464 e. The van der Waals surface area contributed by atoms with E-state index in [9.17, 15) is 0 Å². The van der Waals surface area contributed by atoms with E-state index in [1.807, 2.05) is 6.07 Å². The number of para-hydroxylation sites is 1. The van der Waals surface area contributed by atoms with E-state index >= 15 is 0 Å². The third-order valence-corrected chi connectivity index (χ3v) is 11.3. The van der Waals surface area contributed by atoms with Crippen LogP contribution in [0, 0.1) is 0 Å². The number of hydrogen-bond donors (Lipinski definition) is 0. The molecule has 2 heterocycles. The molecule has 0 aliphatic heterocycles. The second-order valence-electron chi connectivity index (χ2n) is 14.4. The summed E-state index contributed by atoms with van der Waals surface area (Å²) in [5, 5.41) is 8.43. The van der Waals surface area contributed by atoms with Crippen LogP contribution in [-0.2, 0) is 5.41 Å². The zero-order chi connectivity index (χ0) is 33.8. The molecular weight excluding hydrogens is 621 g/mol. The molecule has 2 nitrogen and oxygen atoms in total. The highest BCUT2D eigenvalue weighted by molar-refractivity contribution is 6.22. The summed E-state index contributed by atoms with van der Waals surface area (Å²) >= 11 is 0. The lowest BCUT2D eigenvalue weighted by molar-refractivity contribution is 0.616. The van der Waals surface area contributed by atoms with Gasteiger partial charge in [0.05, 0.1) is 6.26 Å². The van der Waals surface area contributed by atoms with Gasteiger partial charge in [-0.25, -0.2) is 0 Å². The zero-order valence-electron chi connectivity index (χ0n) is 28.3. The molecule has 0 bridgehead atoms. The highest BCUT2D eigenvalue weighted by Gasteiger charge is 2.38. The zero-order valence-corrected chi connectivity index (χ0v) is 28.3. The molecule has 0 radical (unpaired) electrons. The first-order valence-corrected chi connectivity index (χ1v) is 17.7. The van der Waals surface area contributed by atoms with Crippen molar-refractivity contribution in [3.05, 3.63) is 169 Å². The predicted octanol–water partition coefficient (Wildman–Crippen LogP) is 13.9. The number of benzene rings is 8. The summed E-state index contributed by atoms with van der Waals surface area (Å²) in [6.45, 7) is 4.69. The van der Waals surface area contributed by atoms with Gasteiger partial charge in [-0.05, 0) is 89.8 Å². The fourth-order valence-corrected chi connectivity index (χ4v) is 9.07. The first kappa shape index (κ1) is 28.5. The first-order chi connectivity index (χ1) is 25.1. The maximum atomic E-state index is 6.76. The Hall–Kier alpha value is -6.38. The highest BCUT2D eigenvalue weighted by atomic mass is 16.3. The van der Waals surface area contributed by atoms with Crippen molar-refractivity contribution in [3.8, 4) is 44.5 Å². The molecule has 0 N–H and O–H groups in total. The van der Waals surface area contributed by atoms with Gasteiger partial charge in [0.15, 0.2) is 0 Å². The largest absolute Gasteiger partial charge is 0.464 e. The smallest absolute Gasteiger partial charge is 0.143 e. The number of fused-ring (bicyclic) bond motifs is 10. The first-order valence-electron chi connectivity index (χ1n) is 17.7. The van der Waals surface area contributed by atoms with E-state index in [0.29, 0.717) is 0 Å². The minimum absolute atomic E-state index is 0.119. The fraction of sp³-hybridized carbons (Fsp3) is 0.0612. The van der Waals surface area contributed by atoms with Gasteiger partial charge in [0, 0.05) is 27.1 Å². The SMILES string of the molecule is CC1(C)c2ccccc2-c2ccc3oc4c(-c5ccc(-c6c7ccccc7c(-c7ccc8ccoc8c7)c7ccccc67)cc5)cccc4c3c21. The van der Waals surface area contributed by atoms with Crippen LogP contribution < -0.4 is 0 Å². The van der Waals surface area contributed by atoms with Crippen molar-refractivity contribution in [1.82, 2.24) is 0 Å². The highest BCUT2D eigenvalue weighted by Crippen LogP contribution is 2.53. The third-order valence-electron chi connectivity index (χ3n) is 11.3. The Morgan fingerprint density at radius 1 is 0.451 bits per heavy atom. The molecule has 51 heavy (non-hydrogen) atoms. The Kier molecular flexibility index (Phi) is 5.76. The van der Waals surface area contributed by atoms with E-state index in [1.54, 1.807) is 6.26 Å². The average molecular weight is 653 g/mol. The van der Waals surface area contributed by atoms with Crippen LogP contribution in [0.15, 0.2) is 167 Å². The lowest BCUT2D eigenvalue weighted by atomic mass is 9.80. The van der Waals surface area contributed by atoms with Gasteiger partial charge in [-0.1, -0.05) is 147 Å². The van der Waals surface area contributed by atoms with E-state index in [0.717, 1.165) is 38.8 Å². The lowest BCUT2D eigenvalue weighted by Gasteiger charge is -2.22. The topological polar surface area (TPSA) is 26.3 Å². The maximum absolute atomic E-state index is 6.76. The van der Waals surface area contributed by atoms with Gasteiger partial charge < -0.3 is 8.83 Å². The van der Waals surface area contributed by atoms with Crippen LogP contribution in [0.25, 0.3) is 99.0 Å². The van der Waals surface area contributed by atoms with Crippen molar-refractivity contribution in [3.63, 3.8) is 0 Å². The summed E-state index contributed by atoms with van der Waals surface area (Å²) in [7, 11) is 0. The summed E-state index contributed by atoms with van der Waals surface area (Å²) in [5.41, 5.74) is 15.1. The summed E-state index contributed by atoms with van der Waals surface area (Å²) < 4.78 is 12.6. The Morgan fingerprint density at radius 3 is 1.80 bits per heavy atom. The van der Waals surface area contributed by atoms with E-state index in [2.05, 4.69) is 159 Å². The molecule has 0 amide bonds. The van der Waals surface area contributed by atoms with Crippen LogP contribution in [0.3, 0.4) is 0 Å². The molecule has 0 fully saturated rings. The van der Waals surface area contributed by atoms with Gasteiger partial charge >= 0.3 is 0 Å². The second-order valence-corrected chi connectivity index (χ2v) is 14.4. The predicted molar refractivity (Wildman–Crippen MR) is 212 cm³/mol. The van der Waals surface area contributed by atoms with E-state index < -0.39 is 0 Å². The Balaban J connectivity index is 1.08. The number of rotatable bonds is 3. The minimum atomic E-state index is -0.119. The van der Waals surface area contributed by atoms with Gasteiger partial charge in [0.2, 0.25) is 0 Å². The van der Waals surface area contributed by atoms with Crippen LogP contribution in [0.5, 0.6) is 0 Å². The summed E-state index contributed by atoms with van der Waals surface area (Å²) in [5.74, 6) is 0. The molecule has 2 heteroatoms. The molecule has 240 valence electrons. The van der Waals surface area contributed by atoms with Crippen LogP contribution >= 0.6 is 0 Å². The Morgan fingerprint density at radius 2 is 1.06 bits per heavy atom. The van der Waals surface area contributed by atoms with Crippen molar-refractivity contribution in [2.75, 3.05) is 0 Å². The summed E-state index contributed by atoms with van der Waals surface area (Å²) in [6.07, 6.45) is 1.76. The molecule has 0 saturated carbocycles. The molecule has 2 aromatic heterocycles. The average Bonchev–Trinajstić information content (AvgIpc) is 3.86. The van der Waals surface area contributed by atoms with Crippen LogP contribution in [0.4, 0.5) is 0 Å². The van der Waals surface area contributed by atoms with Gasteiger partial charge in [-0.3, -0.25) is 0 Å². The summed E-state index contributed by atoms with van der Waals surface area (Å²) in [6, 6.07) is 55.0. The maximum Gasteiger partial charge on any atom is 0.143 e. The van der Waals surface area contributed by atoms with Gasteiger partial charge in [-0.2, -0.15) is 0 Å². The molecule has 1 aliphatic carbocycles. The quantitative estimate of drug-likeness (QED) is 0.178. The van der Waals surface area contributed by atoms with Crippen LogP contribution in [0.2, 0.25) is 0 Å². The molecule has 10 aromatic rings. The van der Waals surface area contributed by atoms with Crippen molar-refractivity contribution < 1.29 is 8.83 Å². The van der Waals surface area contributed by atoms with Crippen molar-refractivity contribution in [2.24, 2.45) is 0 Å².